The molecule has 1 aromatic heterocycles. The molecule has 5 rings (SSSR count). The standard InChI is InChI=1S/C26H27N5O2/c1-33-22-11-9-20(10-12-22)18-31-19-24(28-23-8-5-13-27-25(23)26(31)32)30-16-14-29(15-17-30)21-6-3-2-4-7-21/h2-13H,14-19H2,1H3. The van der Waals surface area contributed by atoms with E-state index in [-0.39, 0.29) is 5.91 Å². The number of amides is 1. The fourth-order valence-electron chi connectivity index (χ4n) is 4.33. The van der Waals surface area contributed by atoms with Crippen molar-refractivity contribution in [2.75, 3.05) is 44.7 Å². The number of hydrogen-bond donors (Lipinski definition) is 0. The maximum atomic E-state index is 13.4. The number of pyridine rings is 1. The van der Waals surface area contributed by atoms with Crippen molar-refractivity contribution in [3.05, 3.63) is 84.2 Å². The Labute approximate surface area is 193 Å². The predicted molar refractivity (Wildman–Crippen MR) is 129 cm³/mol. The van der Waals surface area contributed by atoms with Crippen LogP contribution in [0.3, 0.4) is 0 Å². The Balaban J connectivity index is 1.37. The number of aromatic nitrogens is 1. The van der Waals surface area contributed by atoms with Crippen molar-refractivity contribution in [3.63, 3.8) is 0 Å². The Kier molecular flexibility index (Phi) is 5.93. The second kappa shape index (κ2) is 9.32. The first-order chi connectivity index (χ1) is 16.2. The van der Waals surface area contributed by atoms with Gasteiger partial charge in [0.2, 0.25) is 0 Å². The molecule has 0 N–H and O–H groups in total. The summed E-state index contributed by atoms with van der Waals surface area (Å²) in [5.74, 6) is 1.62. The molecule has 3 heterocycles. The SMILES string of the molecule is COc1ccc(CN2CC(N3CCN(c4ccccc4)CC3)=Nc3cccnc3C2=O)cc1. The Morgan fingerprint density at radius 1 is 0.879 bits per heavy atom. The number of para-hydroxylation sites is 1. The Bertz CT molecular complexity index is 1140. The Morgan fingerprint density at radius 3 is 2.33 bits per heavy atom. The largest absolute Gasteiger partial charge is 0.497 e. The van der Waals surface area contributed by atoms with Crippen LogP contribution in [-0.4, -0.2) is 66.4 Å². The fraction of sp³-hybridized carbons (Fsp3) is 0.269. The topological polar surface area (TPSA) is 61.3 Å². The van der Waals surface area contributed by atoms with E-state index in [9.17, 15) is 4.79 Å². The van der Waals surface area contributed by atoms with E-state index in [1.54, 1.807) is 13.3 Å². The molecule has 0 spiro atoms. The van der Waals surface area contributed by atoms with Gasteiger partial charge in [0, 0.05) is 44.6 Å². The van der Waals surface area contributed by atoms with E-state index in [0.29, 0.717) is 24.5 Å². The predicted octanol–water partition coefficient (Wildman–Crippen LogP) is 3.60. The number of rotatable bonds is 4. The molecular formula is C26H27N5O2. The van der Waals surface area contributed by atoms with Gasteiger partial charge >= 0.3 is 0 Å². The van der Waals surface area contributed by atoms with Gasteiger partial charge in [-0.1, -0.05) is 30.3 Å². The van der Waals surface area contributed by atoms with Gasteiger partial charge in [-0.05, 0) is 42.0 Å². The van der Waals surface area contributed by atoms with Crippen molar-refractivity contribution in [2.24, 2.45) is 4.99 Å². The van der Waals surface area contributed by atoms with Crippen LogP contribution in [0.5, 0.6) is 5.75 Å². The molecule has 7 nitrogen and oxygen atoms in total. The average molecular weight is 442 g/mol. The highest BCUT2D eigenvalue weighted by Gasteiger charge is 2.29. The summed E-state index contributed by atoms with van der Waals surface area (Å²) in [5.41, 5.74) is 3.33. The highest BCUT2D eigenvalue weighted by molar-refractivity contribution is 6.03. The van der Waals surface area contributed by atoms with Crippen LogP contribution in [0.1, 0.15) is 16.1 Å². The molecule has 0 bridgehead atoms. The Morgan fingerprint density at radius 2 is 1.61 bits per heavy atom. The number of fused-ring (bicyclic) bond motifs is 1. The van der Waals surface area contributed by atoms with Gasteiger partial charge in [-0.15, -0.1) is 0 Å². The summed E-state index contributed by atoms with van der Waals surface area (Å²) in [5, 5.41) is 0. The van der Waals surface area contributed by atoms with Gasteiger partial charge in [0.25, 0.3) is 5.91 Å². The minimum Gasteiger partial charge on any atom is -0.497 e. The van der Waals surface area contributed by atoms with Crippen molar-refractivity contribution < 1.29 is 9.53 Å². The summed E-state index contributed by atoms with van der Waals surface area (Å²) in [7, 11) is 1.65. The van der Waals surface area contributed by atoms with Gasteiger partial charge in [0.05, 0.1) is 19.3 Å². The van der Waals surface area contributed by atoms with Crippen LogP contribution in [0.25, 0.3) is 0 Å². The van der Waals surface area contributed by atoms with Crippen molar-refractivity contribution >= 4 is 23.1 Å². The van der Waals surface area contributed by atoms with Crippen LogP contribution >= 0.6 is 0 Å². The van der Waals surface area contributed by atoms with Crippen LogP contribution < -0.4 is 9.64 Å². The normalized spacial score (nSPS) is 16.2. The van der Waals surface area contributed by atoms with Crippen molar-refractivity contribution in [1.82, 2.24) is 14.8 Å². The molecular weight excluding hydrogens is 414 g/mol. The van der Waals surface area contributed by atoms with Gasteiger partial charge in [-0.3, -0.25) is 4.79 Å². The number of anilines is 1. The monoisotopic (exact) mass is 441 g/mol. The third-order valence-corrected chi connectivity index (χ3v) is 6.16. The van der Waals surface area contributed by atoms with E-state index in [2.05, 4.69) is 39.0 Å². The zero-order chi connectivity index (χ0) is 22.6. The third-order valence-electron chi connectivity index (χ3n) is 6.16. The van der Waals surface area contributed by atoms with Crippen molar-refractivity contribution in [2.45, 2.75) is 6.54 Å². The lowest BCUT2D eigenvalue weighted by molar-refractivity contribution is 0.0761. The van der Waals surface area contributed by atoms with Gasteiger partial charge in [0.1, 0.15) is 11.6 Å². The number of ether oxygens (including phenoxy) is 1. The molecule has 1 saturated heterocycles. The second-order valence-electron chi connectivity index (χ2n) is 8.22. The van der Waals surface area contributed by atoms with E-state index >= 15 is 0 Å². The molecule has 1 fully saturated rings. The molecule has 0 aliphatic carbocycles. The van der Waals surface area contributed by atoms with E-state index in [1.807, 2.05) is 47.4 Å². The summed E-state index contributed by atoms with van der Waals surface area (Å²) < 4.78 is 5.26. The fourth-order valence-corrected chi connectivity index (χ4v) is 4.33. The van der Waals surface area contributed by atoms with Gasteiger partial charge in [-0.25, -0.2) is 9.98 Å². The molecule has 168 valence electrons. The zero-order valence-corrected chi connectivity index (χ0v) is 18.7. The van der Waals surface area contributed by atoms with Crippen LogP contribution in [0, 0.1) is 0 Å². The smallest absolute Gasteiger partial charge is 0.275 e. The number of benzene rings is 2. The van der Waals surface area contributed by atoms with Gasteiger partial charge < -0.3 is 19.4 Å². The number of aliphatic imine (C=N–C) groups is 1. The molecule has 0 atom stereocenters. The number of piperazine rings is 1. The highest BCUT2D eigenvalue weighted by atomic mass is 16.5. The average Bonchev–Trinajstić information content (AvgIpc) is 3.02. The maximum absolute atomic E-state index is 13.4. The first-order valence-corrected chi connectivity index (χ1v) is 11.2. The van der Waals surface area contributed by atoms with Gasteiger partial charge in [0.15, 0.2) is 5.69 Å². The number of nitrogens with zero attached hydrogens (tertiary/aromatic N) is 5. The van der Waals surface area contributed by atoms with Crippen LogP contribution in [0.15, 0.2) is 77.9 Å². The lowest BCUT2D eigenvalue weighted by Gasteiger charge is -2.38. The molecule has 2 aliphatic rings. The van der Waals surface area contributed by atoms with Crippen molar-refractivity contribution in [3.8, 4) is 5.75 Å². The molecule has 0 unspecified atom stereocenters. The lowest BCUT2D eigenvalue weighted by Crippen LogP contribution is -2.51. The van der Waals surface area contributed by atoms with Crippen LogP contribution in [0.2, 0.25) is 0 Å². The molecule has 0 radical (unpaired) electrons. The van der Waals surface area contributed by atoms with E-state index in [4.69, 9.17) is 9.73 Å². The molecule has 0 saturated carbocycles. The summed E-state index contributed by atoms with van der Waals surface area (Å²) in [6, 6.07) is 22.0. The van der Waals surface area contributed by atoms with E-state index < -0.39 is 0 Å². The summed E-state index contributed by atoms with van der Waals surface area (Å²) >= 11 is 0. The van der Waals surface area contributed by atoms with Crippen LogP contribution in [-0.2, 0) is 6.54 Å². The van der Waals surface area contributed by atoms with Gasteiger partial charge in [-0.2, -0.15) is 0 Å². The quantitative estimate of drug-likeness (QED) is 0.619. The van der Waals surface area contributed by atoms with E-state index in [1.165, 1.54) is 5.69 Å². The summed E-state index contributed by atoms with van der Waals surface area (Å²) in [4.78, 5) is 29.2. The molecule has 2 aliphatic heterocycles. The number of hydrogen-bond acceptors (Lipinski definition) is 6. The molecule has 33 heavy (non-hydrogen) atoms. The first kappa shape index (κ1) is 21.0. The molecule has 1 amide bonds. The maximum Gasteiger partial charge on any atom is 0.275 e. The second-order valence-corrected chi connectivity index (χ2v) is 8.22. The van der Waals surface area contributed by atoms with Crippen LogP contribution in [0.4, 0.5) is 11.4 Å². The first-order valence-electron chi connectivity index (χ1n) is 11.2. The summed E-state index contributed by atoms with van der Waals surface area (Å²) in [6.07, 6.45) is 1.65. The minimum atomic E-state index is -0.0944. The number of carbonyl (C=O) groups is 1. The molecule has 3 aromatic rings. The zero-order valence-electron chi connectivity index (χ0n) is 18.7. The summed E-state index contributed by atoms with van der Waals surface area (Å²) in [6.45, 7) is 4.47. The lowest BCUT2D eigenvalue weighted by atomic mass is 10.2. The number of carbonyl (C=O) groups excluding carboxylic acids is 1. The van der Waals surface area contributed by atoms with E-state index in [0.717, 1.165) is 43.3 Å². The van der Waals surface area contributed by atoms with Crippen molar-refractivity contribution in [1.29, 1.82) is 0 Å². The number of methoxy groups -OCH3 is 1. The third kappa shape index (κ3) is 4.53. The minimum absolute atomic E-state index is 0.0944. The molecule has 2 aromatic carbocycles. The number of amidine groups is 1. The molecule has 7 heteroatoms. The highest BCUT2D eigenvalue weighted by Crippen LogP contribution is 2.25. The Hall–Kier alpha value is -3.87.